The molecule has 0 radical (unpaired) electrons. The monoisotopic (exact) mass is 158 g/mol. The molecule has 2 N–H and O–H groups in total. The van der Waals surface area contributed by atoms with Crippen LogP contribution in [0.25, 0.3) is 0 Å². The maximum atomic E-state index is 12.8. The van der Waals surface area contributed by atoms with Gasteiger partial charge in [-0.25, -0.2) is 9.40 Å². The van der Waals surface area contributed by atoms with Gasteiger partial charge in [0, 0.05) is 18.5 Å². The molecule has 0 atom stereocenters. The van der Waals surface area contributed by atoms with Gasteiger partial charge in [0.2, 0.25) is 0 Å². The average molecular weight is 159 g/mol. The van der Waals surface area contributed by atoms with Gasteiger partial charge in [-0.15, -0.1) is 12.4 Å². The van der Waals surface area contributed by atoms with E-state index in [0.717, 1.165) is 0 Å². The van der Waals surface area contributed by atoms with Crippen LogP contribution in [0.3, 0.4) is 0 Å². The number of hydrogen-bond acceptors (Lipinski definition) is 2. The predicted octanol–water partition coefficient (Wildman–Crippen LogP) is 0.716. The normalized spacial score (nSPS) is 41.1. The Labute approximate surface area is 66.2 Å². The Balaban J connectivity index is 0.00000144. The van der Waals surface area contributed by atoms with Gasteiger partial charge in [0.05, 0.1) is 0 Å². The van der Waals surface area contributed by atoms with Crippen molar-refractivity contribution in [2.24, 2.45) is 5.84 Å². The van der Waals surface area contributed by atoms with Crippen molar-refractivity contribution in [1.29, 1.82) is 0 Å². The zero-order valence-electron chi connectivity index (χ0n) is 8.80. The standard InChI is InChI=1S/C5H11FN2.ClH/c6-5-1-3-8(7)4-2-5;/h5H,1-4,7H2;1H/i3D2,4D2;. The summed E-state index contributed by atoms with van der Waals surface area (Å²) in [4.78, 5) is 0. The second-order valence-corrected chi connectivity index (χ2v) is 1.69. The van der Waals surface area contributed by atoms with Crippen LogP contribution in [-0.4, -0.2) is 24.2 Å². The summed E-state index contributed by atoms with van der Waals surface area (Å²) < 4.78 is 41.6. The molecule has 1 rings (SSSR count). The van der Waals surface area contributed by atoms with E-state index < -0.39 is 19.2 Å². The van der Waals surface area contributed by atoms with Crippen molar-refractivity contribution in [3.63, 3.8) is 0 Å². The molecule has 0 aliphatic carbocycles. The minimum absolute atomic E-state index is 0. The van der Waals surface area contributed by atoms with Crippen LogP contribution in [0.15, 0.2) is 0 Å². The molecule has 0 unspecified atom stereocenters. The van der Waals surface area contributed by atoms with Crippen LogP contribution >= 0.6 is 12.4 Å². The van der Waals surface area contributed by atoms with Gasteiger partial charge in [-0.05, 0) is 12.8 Å². The lowest BCUT2D eigenvalue weighted by atomic mass is 10.1. The van der Waals surface area contributed by atoms with Gasteiger partial charge in [-0.1, -0.05) is 0 Å². The van der Waals surface area contributed by atoms with E-state index in [4.69, 9.17) is 11.3 Å². The molecule has 9 heavy (non-hydrogen) atoms. The van der Waals surface area contributed by atoms with Crippen molar-refractivity contribution >= 4 is 12.4 Å². The second kappa shape index (κ2) is 4.04. The van der Waals surface area contributed by atoms with E-state index in [1.165, 1.54) is 0 Å². The zero-order chi connectivity index (χ0) is 9.57. The summed E-state index contributed by atoms with van der Waals surface area (Å²) in [6, 6.07) is 0. The number of hydrazine groups is 1. The summed E-state index contributed by atoms with van der Waals surface area (Å²) in [7, 11) is 0. The first-order chi connectivity index (χ1) is 5.26. The molecule has 56 valence electrons. The van der Waals surface area contributed by atoms with Crippen LogP contribution < -0.4 is 5.84 Å². The van der Waals surface area contributed by atoms with Crippen LogP contribution in [0.5, 0.6) is 0 Å². The molecule has 0 spiro atoms. The van der Waals surface area contributed by atoms with Gasteiger partial charge in [-0.3, -0.25) is 5.84 Å². The van der Waals surface area contributed by atoms with Gasteiger partial charge < -0.3 is 0 Å². The summed E-state index contributed by atoms with van der Waals surface area (Å²) in [5, 5.41) is 0.454. The van der Waals surface area contributed by atoms with Crippen molar-refractivity contribution in [2.45, 2.75) is 19.0 Å². The lowest BCUT2D eigenvalue weighted by Gasteiger charge is -2.23. The fourth-order valence-corrected chi connectivity index (χ4v) is 0.523. The van der Waals surface area contributed by atoms with E-state index in [9.17, 15) is 4.39 Å². The molecule has 0 bridgehead atoms. The molecule has 1 aliphatic rings. The molecule has 2 nitrogen and oxygen atoms in total. The smallest absolute Gasteiger partial charge is 0.103 e. The largest absolute Gasteiger partial charge is 0.269 e. The highest BCUT2D eigenvalue weighted by atomic mass is 35.5. The molecule has 4 heteroatoms. The summed E-state index contributed by atoms with van der Waals surface area (Å²) in [6.07, 6.45) is -2.21. The highest BCUT2D eigenvalue weighted by Crippen LogP contribution is 2.09. The van der Waals surface area contributed by atoms with E-state index in [-0.39, 0.29) is 25.2 Å². The number of piperidine rings is 1. The minimum atomic E-state index is -2.10. The molecule has 0 amide bonds. The van der Waals surface area contributed by atoms with Crippen molar-refractivity contribution in [1.82, 2.24) is 5.01 Å². The SMILES string of the molecule is Cl.[2H]C1([2H])CC(F)CC([2H])([2H])N1N. The lowest BCUT2D eigenvalue weighted by molar-refractivity contribution is 0.152. The van der Waals surface area contributed by atoms with Crippen LogP contribution in [0.1, 0.15) is 18.3 Å². The summed E-state index contributed by atoms with van der Waals surface area (Å²) >= 11 is 0. The third-order valence-corrected chi connectivity index (χ3v) is 0.966. The Morgan fingerprint density at radius 3 is 2.44 bits per heavy atom. The number of alkyl halides is 1. The molecular weight excluding hydrogens is 143 g/mol. The maximum absolute atomic E-state index is 12.8. The highest BCUT2D eigenvalue weighted by Gasteiger charge is 2.14. The first kappa shape index (κ1) is 4.11. The highest BCUT2D eigenvalue weighted by molar-refractivity contribution is 5.85. The van der Waals surface area contributed by atoms with Gasteiger partial charge >= 0.3 is 0 Å². The van der Waals surface area contributed by atoms with E-state index in [1.54, 1.807) is 0 Å². The number of hydrogen-bond donors (Lipinski definition) is 1. The molecule has 0 aromatic heterocycles. The molecule has 1 heterocycles. The van der Waals surface area contributed by atoms with Gasteiger partial charge in [0.25, 0.3) is 0 Å². The van der Waals surface area contributed by atoms with E-state index >= 15 is 0 Å². The van der Waals surface area contributed by atoms with Crippen LogP contribution in [-0.2, 0) is 0 Å². The molecule has 1 aliphatic heterocycles. The predicted molar refractivity (Wildman–Crippen MR) is 37.1 cm³/mol. The van der Waals surface area contributed by atoms with Crippen LogP contribution in [0.2, 0.25) is 0 Å². The summed E-state index contributed by atoms with van der Waals surface area (Å²) in [5.74, 6) is 5.17. The minimum Gasteiger partial charge on any atom is -0.269 e. The van der Waals surface area contributed by atoms with Crippen LogP contribution in [0.4, 0.5) is 4.39 Å². The quantitative estimate of drug-likeness (QED) is 0.527. The maximum Gasteiger partial charge on any atom is 0.103 e. The van der Waals surface area contributed by atoms with E-state index in [2.05, 4.69) is 0 Å². The van der Waals surface area contributed by atoms with Crippen molar-refractivity contribution in [3.8, 4) is 0 Å². The molecule has 0 saturated carbocycles. The zero-order valence-corrected chi connectivity index (χ0v) is 5.62. The second-order valence-electron chi connectivity index (χ2n) is 1.69. The molecular formula is C5H12ClFN2. The van der Waals surface area contributed by atoms with Gasteiger partial charge in [0.15, 0.2) is 0 Å². The number of halogens is 2. The molecule has 0 aromatic rings. The van der Waals surface area contributed by atoms with Crippen molar-refractivity contribution in [3.05, 3.63) is 0 Å². The average Bonchev–Trinajstić information content (AvgIpc) is 1.80. The Hall–Kier alpha value is 0.140. The summed E-state index contributed by atoms with van der Waals surface area (Å²) in [6.45, 7) is -4.19. The molecule has 1 fully saturated rings. The topological polar surface area (TPSA) is 29.3 Å². The first-order valence-corrected chi connectivity index (χ1v) is 2.45. The van der Waals surface area contributed by atoms with Gasteiger partial charge in [-0.2, -0.15) is 0 Å². The molecule has 1 saturated heterocycles. The lowest BCUT2D eigenvalue weighted by Crippen LogP contribution is -2.39. The first-order valence-electron chi connectivity index (χ1n) is 4.45. The Morgan fingerprint density at radius 2 is 2.00 bits per heavy atom. The Morgan fingerprint density at radius 1 is 1.56 bits per heavy atom. The Kier molecular flexibility index (Phi) is 1.84. The van der Waals surface area contributed by atoms with Crippen molar-refractivity contribution < 1.29 is 9.87 Å². The fourth-order valence-electron chi connectivity index (χ4n) is 0.523. The fraction of sp³-hybridized carbons (Fsp3) is 1.00. The van der Waals surface area contributed by atoms with Crippen LogP contribution in [0, 0.1) is 0 Å². The number of nitrogens with two attached hydrogens (primary N) is 1. The molecule has 0 aromatic carbocycles. The van der Waals surface area contributed by atoms with Crippen molar-refractivity contribution in [2.75, 3.05) is 13.0 Å². The third-order valence-electron chi connectivity index (χ3n) is 0.966. The van der Waals surface area contributed by atoms with Gasteiger partial charge in [0.1, 0.15) is 6.17 Å². The third kappa shape index (κ3) is 2.98. The Bertz CT molecular complexity index is 173. The number of rotatable bonds is 0. The number of nitrogens with zero attached hydrogens (tertiary/aromatic N) is 1. The summed E-state index contributed by atoms with van der Waals surface area (Å²) in [5.41, 5.74) is 0. The van der Waals surface area contributed by atoms with E-state index in [0.29, 0.717) is 5.01 Å². The van der Waals surface area contributed by atoms with E-state index in [1.807, 2.05) is 0 Å².